The summed E-state index contributed by atoms with van der Waals surface area (Å²) < 4.78 is 6.39. The molecule has 0 radical (unpaired) electrons. The smallest absolute Gasteiger partial charge is 0.137 e. The molecule has 3 N–H and O–H groups in total. The van der Waals surface area contributed by atoms with Crippen molar-refractivity contribution >= 4 is 0 Å². The molecule has 0 saturated heterocycles. The Morgan fingerprint density at radius 2 is 2.03 bits per heavy atom. The second-order valence-corrected chi connectivity index (χ2v) is 8.28. The van der Waals surface area contributed by atoms with Crippen LogP contribution in [-0.2, 0) is 6.42 Å². The van der Waals surface area contributed by atoms with Gasteiger partial charge in [-0.15, -0.1) is 0 Å². The van der Waals surface area contributed by atoms with Gasteiger partial charge in [-0.05, 0) is 74.2 Å². The maximum absolute atomic E-state index is 10.0. The summed E-state index contributed by atoms with van der Waals surface area (Å²) in [5.41, 5.74) is 10.3. The first-order valence-electron chi connectivity index (χ1n) is 10.5. The molecule has 4 heteroatoms. The van der Waals surface area contributed by atoms with E-state index in [9.17, 15) is 5.11 Å². The number of nitrogens with two attached hydrogens (primary N) is 1. The first-order chi connectivity index (χ1) is 14.2. The number of rotatable bonds is 5. The van der Waals surface area contributed by atoms with Crippen molar-refractivity contribution in [2.45, 2.75) is 44.6 Å². The van der Waals surface area contributed by atoms with E-state index in [2.05, 4.69) is 30.3 Å². The summed E-state index contributed by atoms with van der Waals surface area (Å²) in [6.07, 6.45) is 9.01. The van der Waals surface area contributed by atoms with Crippen LogP contribution < -0.4 is 10.5 Å². The fraction of sp³-hybridized carbons (Fsp3) is 0.400. The number of ether oxygens (including phenoxy) is 1. The highest BCUT2D eigenvalue weighted by Crippen LogP contribution is 2.43. The Morgan fingerprint density at radius 1 is 1.17 bits per heavy atom. The summed E-state index contributed by atoms with van der Waals surface area (Å²) in [7, 11) is 0. The molecule has 0 aliphatic heterocycles. The minimum Gasteiger partial charge on any atom is -0.506 e. The van der Waals surface area contributed by atoms with Gasteiger partial charge in [0.05, 0.1) is 5.56 Å². The Hall–Kier alpha value is -2.77. The molecule has 0 fully saturated rings. The topological polar surface area (TPSA) is 79.3 Å². The first-order valence-corrected chi connectivity index (χ1v) is 10.5. The number of fused-ring (bicyclic) bond motifs is 1. The number of phenolic OH excluding ortho intramolecular Hbond substituents is 1. The summed E-state index contributed by atoms with van der Waals surface area (Å²) in [5, 5.41) is 19.1. The molecule has 150 valence electrons. The average Bonchev–Trinajstić information content (AvgIpc) is 2.91. The van der Waals surface area contributed by atoms with Gasteiger partial charge < -0.3 is 15.6 Å². The molecule has 0 spiro atoms. The lowest BCUT2D eigenvalue weighted by molar-refractivity contribution is 0.148. The number of allylic oxidation sites excluding steroid dienone is 2. The fourth-order valence-corrected chi connectivity index (χ4v) is 4.72. The Kier molecular flexibility index (Phi) is 5.87. The van der Waals surface area contributed by atoms with E-state index < -0.39 is 0 Å². The quantitative estimate of drug-likeness (QED) is 0.705. The van der Waals surface area contributed by atoms with Crippen molar-refractivity contribution in [3.8, 4) is 17.6 Å². The van der Waals surface area contributed by atoms with Crippen LogP contribution in [0.5, 0.6) is 11.5 Å². The number of aromatic hydroxyl groups is 1. The fourth-order valence-electron chi connectivity index (χ4n) is 4.72. The van der Waals surface area contributed by atoms with Gasteiger partial charge in [-0.2, -0.15) is 5.26 Å². The number of nitriles is 1. The molecule has 4 nitrogen and oxygen atoms in total. The van der Waals surface area contributed by atoms with Crippen LogP contribution in [0.25, 0.3) is 0 Å². The number of nitrogens with zero attached hydrogens (tertiary/aromatic N) is 1. The zero-order chi connectivity index (χ0) is 20.2. The van der Waals surface area contributed by atoms with Crippen molar-refractivity contribution in [3.05, 3.63) is 70.8 Å². The number of hydrogen-bond acceptors (Lipinski definition) is 4. The molecule has 2 aromatic carbocycles. The molecule has 0 aromatic heterocycles. The summed E-state index contributed by atoms with van der Waals surface area (Å²) in [6.45, 7) is 0.782. The van der Waals surface area contributed by atoms with E-state index in [-0.39, 0.29) is 17.4 Å². The predicted octanol–water partition coefficient (Wildman–Crippen LogP) is 5.02. The van der Waals surface area contributed by atoms with Crippen LogP contribution in [0.4, 0.5) is 0 Å². The lowest BCUT2D eigenvalue weighted by Gasteiger charge is -2.23. The largest absolute Gasteiger partial charge is 0.506 e. The minimum atomic E-state index is -0.0482. The van der Waals surface area contributed by atoms with Crippen LogP contribution in [0.15, 0.2) is 54.1 Å². The average molecular weight is 389 g/mol. The van der Waals surface area contributed by atoms with Crippen molar-refractivity contribution in [3.63, 3.8) is 0 Å². The highest BCUT2D eigenvalue weighted by atomic mass is 16.5. The van der Waals surface area contributed by atoms with Gasteiger partial charge in [-0.25, -0.2) is 0 Å². The summed E-state index contributed by atoms with van der Waals surface area (Å²) >= 11 is 0. The van der Waals surface area contributed by atoms with Crippen LogP contribution in [0.3, 0.4) is 0 Å². The van der Waals surface area contributed by atoms with Crippen molar-refractivity contribution in [1.82, 2.24) is 0 Å². The normalized spacial score (nSPS) is 23.6. The molecule has 0 saturated carbocycles. The van der Waals surface area contributed by atoms with Gasteiger partial charge in [0, 0.05) is 12.0 Å². The number of phenols is 1. The lowest BCUT2D eigenvalue weighted by Crippen LogP contribution is -2.16. The Balaban J connectivity index is 1.54. The van der Waals surface area contributed by atoms with E-state index in [1.807, 2.05) is 6.07 Å². The molecule has 2 aromatic rings. The SMILES string of the molecule is N#Cc1ccc(O[C@@H]2c3ccccc3C[C@H]2CC2=CCCC(CN)CC2)cc1O. The van der Waals surface area contributed by atoms with Gasteiger partial charge >= 0.3 is 0 Å². The molecular weight excluding hydrogens is 360 g/mol. The van der Waals surface area contributed by atoms with Gasteiger partial charge in [0.1, 0.15) is 23.7 Å². The monoisotopic (exact) mass is 388 g/mol. The van der Waals surface area contributed by atoms with Crippen LogP contribution in [0.1, 0.15) is 54.9 Å². The van der Waals surface area contributed by atoms with E-state index in [1.165, 1.54) is 29.5 Å². The zero-order valence-corrected chi connectivity index (χ0v) is 16.7. The van der Waals surface area contributed by atoms with E-state index in [0.29, 0.717) is 17.6 Å². The molecular formula is C25H28N2O2. The molecule has 2 aliphatic rings. The van der Waals surface area contributed by atoms with Crippen LogP contribution in [-0.4, -0.2) is 11.7 Å². The van der Waals surface area contributed by atoms with Gasteiger partial charge in [0.25, 0.3) is 0 Å². The Labute approximate surface area is 172 Å². The summed E-state index contributed by atoms with van der Waals surface area (Å²) in [6, 6.07) is 15.4. The van der Waals surface area contributed by atoms with Gasteiger partial charge in [0.2, 0.25) is 0 Å². The maximum atomic E-state index is 10.0. The second kappa shape index (κ2) is 8.71. The molecule has 4 rings (SSSR count). The zero-order valence-electron chi connectivity index (χ0n) is 16.7. The molecule has 0 bridgehead atoms. The van der Waals surface area contributed by atoms with Crippen LogP contribution in [0.2, 0.25) is 0 Å². The van der Waals surface area contributed by atoms with Gasteiger partial charge in [-0.3, -0.25) is 0 Å². The minimum absolute atomic E-state index is 0.0351. The Bertz CT molecular complexity index is 944. The molecule has 29 heavy (non-hydrogen) atoms. The van der Waals surface area contributed by atoms with Crippen molar-refractivity contribution in [1.29, 1.82) is 5.26 Å². The van der Waals surface area contributed by atoms with E-state index in [0.717, 1.165) is 32.2 Å². The number of benzene rings is 2. The maximum Gasteiger partial charge on any atom is 0.137 e. The highest BCUT2D eigenvalue weighted by molar-refractivity contribution is 5.47. The third-order valence-electron chi connectivity index (χ3n) is 6.36. The van der Waals surface area contributed by atoms with Gasteiger partial charge in [0.15, 0.2) is 0 Å². The van der Waals surface area contributed by atoms with Gasteiger partial charge in [-0.1, -0.05) is 35.9 Å². The molecule has 1 unspecified atom stereocenters. The van der Waals surface area contributed by atoms with E-state index in [1.54, 1.807) is 18.2 Å². The number of hydrogen-bond donors (Lipinski definition) is 2. The second-order valence-electron chi connectivity index (χ2n) is 8.28. The van der Waals surface area contributed by atoms with E-state index in [4.69, 9.17) is 15.7 Å². The third kappa shape index (κ3) is 4.31. The van der Waals surface area contributed by atoms with Crippen LogP contribution >= 0.6 is 0 Å². The highest BCUT2D eigenvalue weighted by Gasteiger charge is 2.34. The van der Waals surface area contributed by atoms with Crippen LogP contribution in [0, 0.1) is 23.2 Å². The predicted molar refractivity (Wildman–Crippen MR) is 114 cm³/mol. The van der Waals surface area contributed by atoms with E-state index >= 15 is 0 Å². The Morgan fingerprint density at radius 3 is 2.83 bits per heavy atom. The van der Waals surface area contributed by atoms with Crippen molar-refractivity contribution < 1.29 is 9.84 Å². The molecule has 0 heterocycles. The molecule has 2 aliphatic carbocycles. The summed E-state index contributed by atoms with van der Waals surface area (Å²) in [4.78, 5) is 0. The molecule has 0 amide bonds. The lowest BCUT2D eigenvalue weighted by atomic mass is 9.91. The standard InChI is InChI=1S/C25H28N2O2/c26-15-18-5-3-4-17(8-9-18)12-21-13-19-6-1-2-7-23(19)25(21)29-22-11-10-20(16-27)24(28)14-22/h1-2,4,6-7,10-11,14,18,21,25,28H,3,5,8-9,12-13,15,26H2/t18?,21-,25+/m1/s1. The first kappa shape index (κ1) is 19.5. The van der Waals surface area contributed by atoms with Crippen molar-refractivity contribution in [2.24, 2.45) is 17.6 Å². The van der Waals surface area contributed by atoms with Crippen molar-refractivity contribution in [2.75, 3.05) is 6.54 Å². The summed E-state index contributed by atoms with van der Waals surface area (Å²) in [5.74, 6) is 1.57. The molecule has 3 atom stereocenters. The third-order valence-corrected chi connectivity index (χ3v) is 6.36.